The number of aliphatic hydroxyl groups is 2. The van der Waals surface area contributed by atoms with E-state index >= 15 is 0 Å². The fraction of sp³-hybridized carbons (Fsp3) is 0.316. The first-order valence-corrected chi connectivity index (χ1v) is 7.94. The summed E-state index contributed by atoms with van der Waals surface area (Å²) >= 11 is 0. The average molecular weight is 326 g/mol. The van der Waals surface area contributed by atoms with E-state index in [1.807, 2.05) is 44.2 Å². The highest BCUT2D eigenvalue weighted by molar-refractivity contribution is 5.88. The van der Waals surface area contributed by atoms with Crippen LogP contribution in [0, 0.1) is 5.92 Å². The summed E-state index contributed by atoms with van der Waals surface area (Å²) in [7, 11) is 1.59. The Bertz CT molecular complexity index is 843. The summed E-state index contributed by atoms with van der Waals surface area (Å²) in [6, 6.07) is 9.53. The summed E-state index contributed by atoms with van der Waals surface area (Å²) < 4.78 is 5.32. The van der Waals surface area contributed by atoms with Crippen molar-refractivity contribution in [3.05, 3.63) is 59.7 Å². The topological polar surface area (TPSA) is 78.4 Å². The van der Waals surface area contributed by atoms with Gasteiger partial charge in [-0.15, -0.1) is 0 Å². The highest BCUT2D eigenvalue weighted by Gasteiger charge is 2.36. The fourth-order valence-corrected chi connectivity index (χ4v) is 3.23. The van der Waals surface area contributed by atoms with Crippen molar-refractivity contribution in [2.24, 2.45) is 5.92 Å². The standard InChI is InChI=1S/C19H22N2O3/c1-12(2)19(23,18-9-20-11-21-18)14-5-6-15-13(8-14)4-7-17(24-3)16(15)10-22/h4-9,11-12,22-23H,10H2,1-3H3,(H,20,21). The first kappa shape index (κ1) is 16.5. The number of benzene rings is 2. The first-order chi connectivity index (χ1) is 11.5. The van der Waals surface area contributed by atoms with E-state index in [4.69, 9.17) is 4.74 Å². The fourth-order valence-electron chi connectivity index (χ4n) is 3.23. The number of H-pyrrole nitrogens is 1. The van der Waals surface area contributed by atoms with E-state index in [0.717, 1.165) is 21.9 Å². The first-order valence-electron chi connectivity index (χ1n) is 7.94. The summed E-state index contributed by atoms with van der Waals surface area (Å²) in [6.07, 6.45) is 3.22. The van der Waals surface area contributed by atoms with Crippen LogP contribution >= 0.6 is 0 Å². The second kappa shape index (κ2) is 6.26. The van der Waals surface area contributed by atoms with E-state index in [1.54, 1.807) is 19.6 Å². The summed E-state index contributed by atoms with van der Waals surface area (Å²) in [6.45, 7) is 3.84. The van der Waals surface area contributed by atoms with E-state index in [1.165, 1.54) is 0 Å². The zero-order valence-electron chi connectivity index (χ0n) is 14.1. The molecule has 3 aromatic rings. The van der Waals surface area contributed by atoms with Gasteiger partial charge in [0.25, 0.3) is 0 Å². The van der Waals surface area contributed by atoms with Gasteiger partial charge >= 0.3 is 0 Å². The number of ether oxygens (including phenoxy) is 1. The number of aromatic nitrogens is 2. The third kappa shape index (κ3) is 2.46. The van der Waals surface area contributed by atoms with Crippen molar-refractivity contribution in [2.45, 2.75) is 26.1 Å². The molecule has 1 unspecified atom stereocenters. The molecule has 1 heterocycles. The lowest BCUT2D eigenvalue weighted by Gasteiger charge is -2.32. The number of nitrogens with one attached hydrogen (secondary N) is 1. The van der Waals surface area contributed by atoms with Crippen LogP contribution in [0.4, 0.5) is 0 Å². The molecule has 1 atom stereocenters. The van der Waals surface area contributed by atoms with E-state index in [-0.39, 0.29) is 12.5 Å². The predicted octanol–water partition coefficient (Wildman–Crippen LogP) is 2.96. The van der Waals surface area contributed by atoms with Gasteiger partial charge in [0.15, 0.2) is 0 Å². The van der Waals surface area contributed by atoms with Crippen LogP contribution in [-0.2, 0) is 12.2 Å². The molecule has 1 aromatic heterocycles. The van der Waals surface area contributed by atoms with Crippen LogP contribution < -0.4 is 4.74 Å². The highest BCUT2D eigenvalue weighted by atomic mass is 16.5. The third-order valence-electron chi connectivity index (χ3n) is 4.65. The molecule has 0 aliphatic carbocycles. The van der Waals surface area contributed by atoms with E-state index in [9.17, 15) is 10.2 Å². The van der Waals surface area contributed by atoms with Crippen molar-refractivity contribution < 1.29 is 14.9 Å². The Hall–Kier alpha value is -2.37. The molecule has 0 bridgehead atoms. The van der Waals surface area contributed by atoms with Crippen molar-refractivity contribution in [1.82, 2.24) is 9.97 Å². The maximum Gasteiger partial charge on any atom is 0.133 e. The Morgan fingerprint density at radius 3 is 2.62 bits per heavy atom. The van der Waals surface area contributed by atoms with Gasteiger partial charge in [0.05, 0.1) is 31.9 Å². The molecule has 5 nitrogen and oxygen atoms in total. The SMILES string of the molecule is COc1ccc2cc(C(O)(c3cnc[nH]3)C(C)C)ccc2c1CO. The van der Waals surface area contributed by atoms with Crippen LogP contribution in [0.5, 0.6) is 5.75 Å². The summed E-state index contributed by atoms with van der Waals surface area (Å²) in [5, 5.41) is 22.9. The van der Waals surface area contributed by atoms with Gasteiger partial charge in [0, 0.05) is 5.56 Å². The summed E-state index contributed by atoms with van der Waals surface area (Å²) in [5.41, 5.74) is 1.02. The van der Waals surface area contributed by atoms with Gasteiger partial charge in [0.1, 0.15) is 11.4 Å². The monoisotopic (exact) mass is 326 g/mol. The largest absolute Gasteiger partial charge is 0.496 e. The minimum Gasteiger partial charge on any atom is -0.496 e. The quantitative estimate of drug-likeness (QED) is 0.673. The van der Waals surface area contributed by atoms with Crippen LogP contribution in [0.25, 0.3) is 10.8 Å². The number of nitrogens with zero attached hydrogens (tertiary/aromatic N) is 1. The average Bonchev–Trinajstić information content (AvgIpc) is 3.14. The molecule has 0 radical (unpaired) electrons. The minimum atomic E-state index is -1.16. The molecular formula is C19H22N2O3. The van der Waals surface area contributed by atoms with E-state index < -0.39 is 5.60 Å². The van der Waals surface area contributed by atoms with Gasteiger partial charge < -0.3 is 19.9 Å². The number of imidazole rings is 1. The molecule has 0 spiro atoms. The Balaban J connectivity index is 2.20. The number of fused-ring (bicyclic) bond motifs is 1. The maximum atomic E-state index is 11.4. The van der Waals surface area contributed by atoms with Crippen molar-refractivity contribution in [3.8, 4) is 5.75 Å². The Morgan fingerprint density at radius 2 is 2.04 bits per heavy atom. The lowest BCUT2D eigenvalue weighted by Crippen LogP contribution is -2.33. The zero-order chi connectivity index (χ0) is 17.3. The molecular weight excluding hydrogens is 304 g/mol. The van der Waals surface area contributed by atoms with Gasteiger partial charge in [0.2, 0.25) is 0 Å². The van der Waals surface area contributed by atoms with Crippen LogP contribution in [-0.4, -0.2) is 27.3 Å². The normalized spacial score (nSPS) is 14.1. The third-order valence-corrected chi connectivity index (χ3v) is 4.65. The summed E-state index contributed by atoms with van der Waals surface area (Å²) in [5.74, 6) is 0.608. The molecule has 3 rings (SSSR count). The van der Waals surface area contributed by atoms with Crippen LogP contribution in [0.15, 0.2) is 42.9 Å². The number of hydrogen-bond donors (Lipinski definition) is 3. The van der Waals surface area contributed by atoms with Crippen LogP contribution in [0.2, 0.25) is 0 Å². The number of rotatable bonds is 5. The second-order valence-electron chi connectivity index (χ2n) is 6.23. The molecule has 0 saturated heterocycles. The lowest BCUT2D eigenvalue weighted by molar-refractivity contribution is 0.0281. The van der Waals surface area contributed by atoms with Gasteiger partial charge in [-0.05, 0) is 34.4 Å². The molecule has 126 valence electrons. The molecule has 0 fully saturated rings. The van der Waals surface area contributed by atoms with Crippen LogP contribution in [0.3, 0.4) is 0 Å². The highest BCUT2D eigenvalue weighted by Crippen LogP contribution is 2.38. The Morgan fingerprint density at radius 1 is 1.25 bits per heavy atom. The predicted molar refractivity (Wildman–Crippen MR) is 92.8 cm³/mol. The molecule has 3 N–H and O–H groups in total. The number of aliphatic hydroxyl groups excluding tert-OH is 1. The van der Waals surface area contributed by atoms with Gasteiger partial charge in [-0.25, -0.2) is 4.98 Å². The number of methoxy groups -OCH3 is 1. The van der Waals surface area contributed by atoms with Gasteiger partial charge in [-0.3, -0.25) is 0 Å². The van der Waals surface area contributed by atoms with Gasteiger partial charge in [-0.1, -0.05) is 32.0 Å². The molecule has 0 saturated carbocycles. The number of aromatic amines is 1. The van der Waals surface area contributed by atoms with Crippen molar-refractivity contribution in [2.75, 3.05) is 7.11 Å². The van der Waals surface area contributed by atoms with Crippen molar-refractivity contribution in [1.29, 1.82) is 0 Å². The Labute approximate surface area is 140 Å². The zero-order valence-corrected chi connectivity index (χ0v) is 14.1. The van der Waals surface area contributed by atoms with E-state index in [2.05, 4.69) is 9.97 Å². The number of hydrogen-bond acceptors (Lipinski definition) is 4. The maximum absolute atomic E-state index is 11.4. The van der Waals surface area contributed by atoms with Crippen molar-refractivity contribution in [3.63, 3.8) is 0 Å². The molecule has 0 amide bonds. The van der Waals surface area contributed by atoms with Crippen LogP contribution in [0.1, 0.15) is 30.7 Å². The van der Waals surface area contributed by atoms with Gasteiger partial charge in [-0.2, -0.15) is 0 Å². The summed E-state index contributed by atoms with van der Waals surface area (Å²) in [4.78, 5) is 7.07. The molecule has 0 aliphatic heterocycles. The smallest absolute Gasteiger partial charge is 0.133 e. The molecule has 0 aliphatic rings. The van der Waals surface area contributed by atoms with E-state index in [0.29, 0.717) is 11.4 Å². The molecule has 24 heavy (non-hydrogen) atoms. The molecule has 2 aromatic carbocycles. The van der Waals surface area contributed by atoms with Crippen molar-refractivity contribution >= 4 is 10.8 Å². The second-order valence-corrected chi connectivity index (χ2v) is 6.23. The Kier molecular flexibility index (Phi) is 4.30. The minimum absolute atomic E-state index is 0.0500. The molecule has 5 heteroatoms. The lowest BCUT2D eigenvalue weighted by atomic mass is 9.80.